The summed E-state index contributed by atoms with van der Waals surface area (Å²) < 4.78 is 9.16. The fourth-order valence-corrected chi connectivity index (χ4v) is 3.11. The van der Waals surface area contributed by atoms with Crippen molar-refractivity contribution in [3.8, 4) is 0 Å². The molecule has 0 aliphatic carbocycles. The molecule has 6 heteroatoms. The largest absolute Gasteiger partial charge is 0.322 e. The molecular formula is C8H8BrN3S2. The lowest BCUT2D eigenvalue weighted by atomic mass is 10.1. The maximum Gasteiger partial charge on any atom is 0.0913 e. The fourth-order valence-electron chi connectivity index (χ4n) is 1.12. The summed E-state index contributed by atoms with van der Waals surface area (Å²) in [5.74, 6) is 0. The molecule has 0 radical (unpaired) electrons. The van der Waals surface area contributed by atoms with Crippen LogP contribution in [-0.4, -0.2) is 8.75 Å². The third-order valence-corrected chi connectivity index (χ3v) is 4.01. The average Bonchev–Trinajstić information content (AvgIpc) is 2.75. The van der Waals surface area contributed by atoms with Crippen molar-refractivity contribution >= 4 is 39.0 Å². The van der Waals surface area contributed by atoms with Crippen molar-refractivity contribution < 1.29 is 0 Å². The van der Waals surface area contributed by atoms with Crippen molar-refractivity contribution in [2.75, 3.05) is 0 Å². The number of rotatable bonds is 3. The van der Waals surface area contributed by atoms with E-state index in [4.69, 9.17) is 5.73 Å². The smallest absolute Gasteiger partial charge is 0.0913 e. The molecule has 0 bridgehead atoms. The van der Waals surface area contributed by atoms with Crippen LogP contribution >= 0.6 is 39.0 Å². The Labute approximate surface area is 98.4 Å². The number of nitrogens with two attached hydrogens (primary N) is 1. The molecule has 74 valence electrons. The highest BCUT2D eigenvalue weighted by molar-refractivity contribution is 9.10. The molecule has 2 heterocycles. The Kier molecular flexibility index (Phi) is 3.27. The van der Waals surface area contributed by atoms with Crippen molar-refractivity contribution in [1.82, 2.24) is 8.75 Å². The van der Waals surface area contributed by atoms with E-state index in [1.54, 1.807) is 17.5 Å². The first-order valence-corrected chi connectivity index (χ1v) is 6.42. The Morgan fingerprint density at radius 3 is 3.00 bits per heavy atom. The van der Waals surface area contributed by atoms with Crippen LogP contribution < -0.4 is 5.73 Å². The van der Waals surface area contributed by atoms with E-state index in [-0.39, 0.29) is 6.04 Å². The zero-order valence-electron chi connectivity index (χ0n) is 7.18. The van der Waals surface area contributed by atoms with E-state index in [9.17, 15) is 0 Å². The van der Waals surface area contributed by atoms with Gasteiger partial charge in [-0.3, -0.25) is 0 Å². The van der Waals surface area contributed by atoms with Crippen LogP contribution in [0.2, 0.25) is 0 Å². The summed E-state index contributed by atoms with van der Waals surface area (Å²) in [5.41, 5.74) is 6.85. The standard InChI is InChI=1S/C8H8BrN3S2/c9-5-1-6(13-4-5)2-7(10)8-3-11-14-12-8/h1,3-4,7H,2,10H2. The summed E-state index contributed by atoms with van der Waals surface area (Å²) >= 11 is 6.32. The summed E-state index contributed by atoms with van der Waals surface area (Å²) in [4.78, 5) is 1.26. The van der Waals surface area contributed by atoms with Gasteiger partial charge in [-0.05, 0) is 22.0 Å². The zero-order chi connectivity index (χ0) is 9.97. The lowest BCUT2D eigenvalue weighted by Gasteiger charge is -2.05. The van der Waals surface area contributed by atoms with Gasteiger partial charge >= 0.3 is 0 Å². The van der Waals surface area contributed by atoms with Crippen molar-refractivity contribution in [3.05, 3.63) is 32.7 Å². The Hall–Kier alpha value is -0.300. The van der Waals surface area contributed by atoms with Gasteiger partial charge in [-0.1, -0.05) is 0 Å². The Balaban J connectivity index is 2.05. The van der Waals surface area contributed by atoms with Crippen LogP contribution in [0.5, 0.6) is 0 Å². The maximum absolute atomic E-state index is 5.98. The first-order valence-electron chi connectivity index (χ1n) is 4.01. The molecule has 0 saturated heterocycles. The molecule has 2 aromatic heterocycles. The van der Waals surface area contributed by atoms with E-state index in [0.29, 0.717) is 0 Å². The topological polar surface area (TPSA) is 51.8 Å². The van der Waals surface area contributed by atoms with Crippen LogP contribution in [0.1, 0.15) is 16.6 Å². The van der Waals surface area contributed by atoms with Crippen molar-refractivity contribution in [2.45, 2.75) is 12.5 Å². The molecule has 0 aliphatic rings. The molecule has 0 fully saturated rings. The van der Waals surface area contributed by atoms with Crippen molar-refractivity contribution in [3.63, 3.8) is 0 Å². The molecule has 0 spiro atoms. The molecule has 1 unspecified atom stereocenters. The molecule has 1 atom stereocenters. The SMILES string of the molecule is NC(Cc1cc(Br)cs1)c1cnsn1. The average molecular weight is 290 g/mol. The molecule has 2 rings (SSSR count). The zero-order valence-corrected chi connectivity index (χ0v) is 10.4. The normalized spacial score (nSPS) is 13.0. The molecule has 0 amide bonds. The summed E-state index contributed by atoms with van der Waals surface area (Å²) in [6.45, 7) is 0. The van der Waals surface area contributed by atoms with Crippen molar-refractivity contribution in [2.24, 2.45) is 5.73 Å². The second-order valence-corrected chi connectivity index (χ2v) is 5.34. The summed E-state index contributed by atoms with van der Waals surface area (Å²) in [6.07, 6.45) is 2.56. The minimum Gasteiger partial charge on any atom is -0.322 e. The first-order chi connectivity index (χ1) is 6.75. The molecule has 14 heavy (non-hydrogen) atoms. The first kappa shape index (κ1) is 10.2. The molecule has 0 aliphatic heterocycles. The Morgan fingerprint density at radius 1 is 1.57 bits per heavy atom. The number of aromatic nitrogens is 2. The number of halogens is 1. The minimum atomic E-state index is -0.0423. The monoisotopic (exact) mass is 289 g/mol. The summed E-state index contributed by atoms with van der Waals surface area (Å²) in [6, 6.07) is 2.05. The van der Waals surface area contributed by atoms with Gasteiger partial charge in [0, 0.05) is 21.2 Å². The third kappa shape index (κ3) is 2.38. The molecule has 2 N–H and O–H groups in total. The minimum absolute atomic E-state index is 0.0423. The van der Waals surface area contributed by atoms with Crippen LogP contribution in [0.25, 0.3) is 0 Å². The van der Waals surface area contributed by atoms with Crippen molar-refractivity contribution in [1.29, 1.82) is 0 Å². The maximum atomic E-state index is 5.98. The molecule has 3 nitrogen and oxygen atoms in total. The summed E-state index contributed by atoms with van der Waals surface area (Å²) in [5, 5.41) is 2.06. The van der Waals surface area contributed by atoms with E-state index in [1.165, 1.54) is 16.6 Å². The van der Waals surface area contributed by atoms with E-state index in [1.807, 2.05) is 0 Å². The van der Waals surface area contributed by atoms with Gasteiger partial charge in [-0.2, -0.15) is 8.75 Å². The molecule has 0 aromatic carbocycles. The van der Waals surface area contributed by atoms with Crippen LogP contribution in [0.15, 0.2) is 22.1 Å². The van der Waals surface area contributed by atoms with Crippen LogP contribution in [0, 0.1) is 0 Å². The Morgan fingerprint density at radius 2 is 2.43 bits per heavy atom. The molecule has 2 aromatic rings. The van der Waals surface area contributed by atoms with Crippen LogP contribution in [-0.2, 0) is 6.42 Å². The van der Waals surface area contributed by atoms with Gasteiger partial charge in [-0.25, -0.2) is 0 Å². The quantitative estimate of drug-likeness (QED) is 0.945. The van der Waals surface area contributed by atoms with E-state index < -0.39 is 0 Å². The second-order valence-electron chi connectivity index (χ2n) is 2.87. The molecular weight excluding hydrogens is 282 g/mol. The van der Waals surface area contributed by atoms with Gasteiger partial charge in [0.15, 0.2) is 0 Å². The van der Waals surface area contributed by atoms with Crippen LogP contribution in [0.4, 0.5) is 0 Å². The van der Waals surface area contributed by atoms with E-state index >= 15 is 0 Å². The lowest BCUT2D eigenvalue weighted by molar-refractivity contribution is 0.712. The van der Waals surface area contributed by atoms with E-state index in [2.05, 4.69) is 36.1 Å². The Bertz CT molecular complexity index is 398. The second kappa shape index (κ2) is 4.48. The predicted octanol–water partition coefficient (Wildman–Crippen LogP) is 2.60. The van der Waals surface area contributed by atoms with Gasteiger partial charge in [-0.15, -0.1) is 11.3 Å². The van der Waals surface area contributed by atoms with Gasteiger partial charge < -0.3 is 5.73 Å². The van der Waals surface area contributed by atoms with Gasteiger partial charge in [0.25, 0.3) is 0 Å². The lowest BCUT2D eigenvalue weighted by Crippen LogP contribution is -2.12. The van der Waals surface area contributed by atoms with Gasteiger partial charge in [0.05, 0.1) is 29.7 Å². The van der Waals surface area contributed by atoms with E-state index in [0.717, 1.165) is 16.6 Å². The fraction of sp³-hybridized carbons (Fsp3) is 0.250. The third-order valence-electron chi connectivity index (χ3n) is 1.80. The number of nitrogens with zero attached hydrogens (tertiary/aromatic N) is 2. The van der Waals surface area contributed by atoms with Gasteiger partial charge in [0.2, 0.25) is 0 Å². The number of thiophene rings is 1. The highest BCUT2D eigenvalue weighted by Crippen LogP contribution is 2.23. The van der Waals surface area contributed by atoms with Crippen LogP contribution in [0.3, 0.4) is 0 Å². The molecule has 0 saturated carbocycles. The highest BCUT2D eigenvalue weighted by Gasteiger charge is 2.10. The summed E-state index contributed by atoms with van der Waals surface area (Å²) in [7, 11) is 0. The number of hydrogen-bond donors (Lipinski definition) is 1. The number of hydrogen-bond acceptors (Lipinski definition) is 5. The van der Waals surface area contributed by atoms with Gasteiger partial charge in [0.1, 0.15) is 0 Å². The predicted molar refractivity (Wildman–Crippen MR) is 62.6 cm³/mol. The highest BCUT2D eigenvalue weighted by atomic mass is 79.9.